The lowest BCUT2D eigenvalue weighted by Crippen LogP contribution is -2.42. The highest BCUT2D eigenvalue weighted by molar-refractivity contribution is 5.87. The standard InChI is InChI=1S/C21H35NO2/c1-4-7-9-10-11-12-13-14-15-17-20(23)22-19-21(24,6-3)18-16-8-5-2/h4,7,9-12,15,17,24H,5-6,8,13-14,16,18-19H2,1-3H3,(H,22,23). The summed E-state index contributed by atoms with van der Waals surface area (Å²) < 4.78 is 0. The largest absolute Gasteiger partial charge is 0.388 e. The molecule has 0 aromatic heterocycles. The second-order valence-electron chi connectivity index (χ2n) is 6.07. The summed E-state index contributed by atoms with van der Waals surface area (Å²) in [7, 11) is 0. The second kappa shape index (κ2) is 14.9. The zero-order valence-corrected chi connectivity index (χ0v) is 15.6. The molecule has 0 aliphatic rings. The summed E-state index contributed by atoms with van der Waals surface area (Å²) in [5.41, 5.74) is -0.777. The van der Waals surface area contributed by atoms with Crippen LogP contribution in [-0.4, -0.2) is 23.2 Å². The number of hydrogen-bond donors (Lipinski definition) is 2. The molecule has 0 rings (SSSR count). The summed E-state index contributed by atoms with van der Waals surface area (Å²) >= 11 is 0. The predicted octanol–water partition coefficient (Wildman–Crippen LogP) is 4.85. The van der Waals surface area contributed by atoms with E-state index in [2.05, 4.69) is 18.3 Å². The van der Waals surface area contributed by atoms with Crippen molar-refractivity contribution < 1.29 is 9.90 Å². The minimum absolute atomic E-state index is 0.130. The van der Waals surface area contributed by atoms with Gasteiger partial charge in [0.2, 0.25) is 5.91 Å². The lowest BCUT2D eigenvalue weighted by Gasteiger charge is -2.26. The Labute approximate surface area is 148 Å². The zero-order valence-electron chi connectivity index (χ0n) is 15.6. The molecular formula is C21H35NO2. The van der Waals surface area contributed by atoms with Gasteiger partial charge in [-0.1, -0.05) is 75.6 Å². The molecule has 2 N–H and O–H groups in total. The average Bonchev–Trinajstić information content (AvgIpc) is 2.59. The van der Waals surface area contributed by atoms with E-state index in [1.165, 1.54) is 0 Å². The summed E-state index contributed by atoms with van der Waals surface area (Å²) in [6, 6.07) is 0. The zero-order chi connectivity index (χ0) is 18.1. The van der Waals surface area contributed by atoms with Crippen LogP contribution in [0.25, 0.3) is 0 Å². The van der Waals surface area contributed by atoms with Crippen molar-refractivity contribution in [2.24, 2.45) is 0 Å². The maximum Gasteiger partial charge on any atom is 0.243 e. The van der Waals surface area contributed by atoms with Crippen LogP contribution in [0.3, 0.4) is 0 Å². The van der Waals surface area contributed by atoms with E-state index in [0.717, 1.165) is 38.5 Å². The summed E-state index contributed by atoms with van der Waals surface area (Å²) in [6.45, 7) is 6.42. The Bertz CT molecular complexity index is 435. The first-order chi connectivity index (χ1) is 11.6. The van der Waals surface area contributed by atoms with Crippen LogP contribution in [0.2, 0.25) is 0 Å². The molecule has 0 fully saturated rings. The first-order valence-corrected chi connectivity index (χ1v) is 9.19. The number of unbranched alkanes of at least 4 members (excludes halogenated alkanes) is 3. The minimum Gasteiger partial charge on any atom is -0.388 e. The Kier molecular flexibility index (Phi) is 13.9. The molecule has 3 heteroatoms. The van der Waals surface area contributed by atoms with E-state index >= 15 is 0 Å². The molecule has 0 bridgehead atoms. The van der Waals surface area contributed by atoms with Gasteiger partial charge in [0.05, 0.1) is 5.60 Å². The van der Waals surface area contributed by atoms with Gasteiger partial charge in [-0.25, -0.2) is 0 Å². The quantitative estimate of drug-likeness (QED) is 0.287. The SMILES string of the molecule is CC=CC=CC=CCCC=CC(=O)NCC(O)(CC)CCCCC. The van der Waals surface area contributed by atoms with Gasteiger partial charge in [0.1, 0.15) is 0 Å². The van der Waals surface area contributed by atoms with E-state index in [9.17, 15) is 9.90 Å². The Hall–Kier alpha value is -1.61. The smallest absolute Gasteiger partial charge is 0.243 e. The van der Waals surface area contributed by atoms with Crippen molar-refractivity contribution in [1.82, 2.24) is 5.32 Å². The number of allylic oxidation sites excluding steroid dienone is 7. The number of carbonyl (C=O) groups is 1. The number of hydrogen-bond acceptors (Lipinski definition) is 2. The molecule has 0 saturated carbocycles. The second-order valence-corrected chi connectivity index (χ2v) is 6.07. The van der Waals surface area contributed by atoms with Gasteiger partial charge in [-0.05, 0) is 38.7 Å². The first-order valence-electron chi connectivity index (χ1n) is 9.19. The van der Waals surface area contributed by atoms with Gasteiger partial charge < -0.3 is 10.4 Å². The van der Waals surface area contributed by atoms with Crippen molar-refractivity contribution >= 4 is 5.91 Å². The number of aliphatic hydroxyl groups is 1. The fourth-order valence-corrected chi connectivity index (χ4v) is 2.20. The highest BCUT2D eigenvalue weighted by Crippen LogP contribution is 2.18. The van der Waals surface area contributed by atoms with Crippen molar-refractivity contribution in [2.45, 2.75) is 71.3 Å². The molecular weight excluding hydrogens is 298 g/mol. The van der Waals surface area contributed by atoms with E-state index < -0.39 is 5.60 Å². The van der Waals surface area contributed by atoms with Crippen LogP contribution in [0.1, 0.15) is 65.7 Å². The van der Waals surface area contributed by atoms with Gasteiger partial charge in [0.25, 0.3) is 0 Å². The molecule has 1 amide bonds. The third-order valence-corrected chi connectivity index (χ3v) is 3.93. The number of nitrogens with one attached hydrogen (secondary N) is 1. The van der Waals surface area contributed by atoms with Crippen LogP contribution >= 0.6 is 0 Å². The first kappa shape index (κ1) is 22.4. The Morgan fingerprint density at radius 3 is 2.42 bits per heavy atom. The third-order valence-electron chi connectivity index (χ3n) is 3.93. The lowest BCUT2D eigenvalue weighted by molar-refractivity contribution is -0.117. The van der Waals surface area contributed by atoms with E-state index in [1.54, 1.807) is 6.08 Å². The molecule has 0 spiro atoms. The van der Waals surface area contributed by atoms with Gasteiger partial charge in [0, 0.05) is 6.54 Å². The fourth-order valence-electron chi connectivity index (χ4n) is 2.20. The molecule has 136 valence electrons. The Morgan fingerprint density at radius 1 is 1.04 bits per heavy atom. The van der Waals surface area contributed by atoms with E-state index in [-0.39, 0.29) is 5.91 Å². The van der Waals surface area contributed by atoms with Gasteiger partial charge >= 0.3 is 0 Å². The number of carbonyl (C=O) groups excluding carboxylic acids is 1. The van der Waals surface area contributed by atoms with E-state index in [0.29, 0.717) is 13.0 Å². The summed E-state index contributed by atoms with van der Waals surface area (Å²) in [4.78, 5) is 11.8. The van der Waals surface area contributed by atoms with Crippen LogP contribution in [0.5, 0.6) is 0 Å². The highest BCUT2D eigenvalue weighted by atomic mass is 16.3. The van der Waals surface area contributed by atoms with E-state index in [4.69, 9.17) is 0 Å². The Morgan fingerprint density at radius 2 is 1.75 bits per heavy atom. The predicted molar refractivity (Wildman–Crippen MR) is 104 cm³/mol. The lowest BCUT2D eigenvalue weighted by atomic mass is 9.93. The molecule has 0 radical (unpaired) electrons. The van der Waals surface area contributed by atoms with Crippen LogP contribution in [-0.2, 0) is 4.79 Å². The molecule has 3 nitrogen and oxygen atoms in total. The van der Waals surface area contributed by atoms with Gasteiger partial charge in [-0.15, -0.1) is 0 Å². The van der Waals surface area contributed by atoms with Crippen molar-refractivity contribution in [3.8, 4) is 0 Å². The fraction of sp³-hybridized carbons (Fsp3) is 0.571. The molecule has 0 aliphatic heterocycles. The summed E-state index contributed by atoms with van der Waals surface area (Å²) in [5, 5.41) is 13.3. The van der Waals surface area contributed by atoms with Gasteiger partial charge in [0.15, 0.2) is 0 Å². The summed E-state index contributed by atoms with van der Waals surface area (Å²) in [6.07, 6.45) is 21.8. The molecule has 0 saturated heterocycles. The van der Waals surface area contributed by atoms with Crippen LogP contribution in [0.4, 0.5) is 0 Å². The topological polar surface area (TPSA) is 49.3 Å². The van der Waals surface area contributed by atoms with Crippen LogP contribution in [0.15, 0.2) is 48.6 Å². The van der Waals surface area contributed by atoms with E-state index in [1.807, 2.05) is 50.3 Å². The molecule has 0 aromatic rings. The third kappa shape index (κ3) is 12.9. The molecule has 0 aromatic carbocycles. The van der Waals surface area contributed by atoms with Crippen molar-refractivity contribution in [1.29, 1.82) is 0 Å². The van der Waals surface area contributed by atoms with Crippen LogP contribution in [0, 0.1) is 0 Å². The van der Waals surface area contributed by atoms with Crippen molar-refractivity contribution in [3.05, 3.63) is 48.6 Å². The monoisotopic (exact) mass is 333 g/mol. The van der Waals surface area contributed by atoms with Gasteiger partial charge in [-0.2, -0.15) is 0 Å². The summed E-state index contributed by atoms with van der Waals surface area (Å²) in [5.74, 6) is -0.130. The maximum absolute atomic E-state index is 11.8. The molecule has 1 atom stereocenters. The number of rotatable bonds is 13. The van der Waals surface area contributed by atoms with Gasteiger partial charge in [-0.3, -0.25) is 4.79 Å². The van der Waals surface area contributed by atoms with Crippen molar-refractivity contribution in [2.75, 3.05) is 6.54 Å². The highest BCUT2D eigenvalue weighted by Gasteiger charge is 2.24. The number of amides is 1. The maximum atomic E-state index is 11.8. The Balaban J connectivity index is 3.98. The van der Waals surface area contributed by atoms with Crippen molar-refractivity contribution in [3.63, 3.8) is 0 Å². The molecule has 0 heterocycles. The average molecular weight is 334 g/mol. The van der Waals surface area contributed by atoms with Crippen LogP contribution < -0.4 is 5.32 Å². The molecule has 0 aliphatic carbocycles. The molecule has 24 heavy (non-hydrogen) atoms. The minimum atomic E-state index is -0.777. The molecule has 1 unspecified atom stereocenters. The normalized spacial score (nSPS) is 15.0.